The largest absolute Gasteiger partial charge is 0.504 e. The summed E-state index contributed by atoms with van der Waals surface area (Å²) in [6, 6.07) is 0.993. The first-order chi connectivity index (χ1) is 13.8. The molecule has 0 amide bonds. The number of hydrogen-bond acceptors (Lipinski definition) is 8. The van der Waals surface area contributed by atoms with Gasteiger partial charge in [0.05, 0.1) is 17.7 Å². The zero-order chi connectivity index (χ0) is 22.0. The van der Waals surface area contributed by atoms with E-state index in [2.05, 4.69) is 0 Å². The van der Waals surface area contributed by atoms with Gasteiger partial charge in [0, 0.05) is 19.3 Å². The van der Waals surface area contributed by atoms with Gasteiger partial charge in [-0.3, -0.25) is 14.4 Å². The monoisotopic (exact) mass is 408 g/mol. The second-order valence-electron chi connectivity index (χ2n) is 6.25. The number of Topliss-reactive ketones (excluding diaryl/α,β-unsaturated/α-hetero) is 1. The normalized spacial score (nSPS) is 10.3. The smallest absolute Gasteiger partial charge is 0.339 e. The van der Waals surface area contributed by atoms with Crippen LogP contribution in [0.1, 0.15) is 86.9 Å². The van der Waals surface area contributed by atoms with E-state index in [0.29, 0.717) is 6.42 Å². The van der Waals surface area contributed by atoms with Gasteiger partial charge < -0.3 is 19.3 Å². The number of hydrogen-bond donors (Lipinski definition) is 1. The lowest BCUT2D eigenvalue weighted by molar-refractivity contribution is -0.136. The van der Waals surface area contributed by atoms with Crippen LogP contribution in [0.5, 0.6) is 17.2 Å². The number of ether oxygens (including phenoxy) is 3. The van der Waals surface area contributed by atoms with Crippen LogP contribution < -0.4 is 9.47 Å². The molecule has 0 saturated heterocycles. The van der Waals surface area contributed by atoms with Crippen LogP contribution in [0.2, 0.25) is 0 Å². The summed E-state index contributed by atoms with van der Waals surface area (Å²) in [7, 11) is 0. The van der Waals surface area contributed by atoms with E-state index in [9.17, 15) is 24.3 Å². The van der Waals surface area contributed by atoms with Crippen molar-refractivity contribution in [2.45, 2.75) is 66.2 Å². The van der Waals surface area contributed by atoms with Crippen molar-refractivity contribution in [1.29, 1.82) is 0 Å². The van der Waals surface area contributed by atoms with Crippen LogP contribution in [0.15, 0.2) is 6.07 Å². The van der Waals surface area contributed by atoms with Crippen molar-refractivity contribution in [2.24, 2.45) is 0 Å². The molecule has 0 aliphatic rings. The van der Waals surface area contributed by atoms with E-state index < -0.39 is 40.9 Å². The van der Waals surface area contributed by atoms with E-state index >= 15 is 0 Å². The van der Waals surface area contributed by atoms with Gasteiger partial charge in [0.1, 0.15) is 0 Å². The number of carbonyl (C=O) groups excluding carboxylic acids is 4. The Labute approximate surface area is 170 Å². The molecule has 1 N–H and O–H groups in total. The van der Waals surface area contributed by atoms with Crippen LogP contribution in [0, 0.1) is 0 Å². The standard InChI is InChI=1S/C21H28O8/c1-5-9-10-11-27-21(26)13-12-15(23)19(28-16(24)7-3)20(29-17(25)8-4)18(13)14(22)6-2/h12,23H,5-11H2,1-4H3. The highest BCUT2D eigenvalue weighted by Gasteiger charge is 2.30. The first-order valence-electron chi connectivity index (χ1n) is 9.82. The first-order valence-corrected chi connectivity index (χ1v) is 9.82. The molecule has 8 heteroatoms. The van der Waals surface area contributed by atoms with E-state index in [1.165, 1.54) is 13.8 Å². The molecule has 1 aromatic rings. The van der Waals surface area contributed by atoms with E-state index in [4.69, 9.17) is 14.2 Å². The number of ketones is 1. The average molecular weight is 408 g/mol. The summed E-state index contributed by atoms with van der Waals surface area (Å²) in [5, 5.41) is 10.4. The molecule has 0 aliphatic heterocycles. The molecule has 0 atom stereocenters. The average Bonchev–Trinajstić information content (AvgIpc) is 2.72. The second kappa shape index (κ2) is 11.8. The number of unbranched alkanes of at least 4 members (excludes halogenated alkanes) is 2. The molecular formula is C21H28O8. The summed E-state index contributed by atoms with van der Waals surface area (Å²) in [6.45, 7) is 6.78. The van der Waals surface area contributed by atoms with Gasteiger partial charge in [0.15, 0.2) is 17.3 Å². The van der Waals surface area contributed by atoms with Crippen molar-refractivity contribution in [2.75, 3.05) is 6.61 Å². The van der Waals surface area contributed by atoms with Crippen molar-refractivity contribution >= 4 is 23.7 Å². The molecule has 0 bridgehead atoms. The fourth-order valence-electron chi connectivity index (χ4n) is 2.40. The molecule has 29 heavy (non-hydrogen) atoms. The Morgan fingerprint density at radius 3 is 1.97 bits per heavy atom. The third-order valence-corrected chi connectivity index (χ3v) is 4.03. The Kier molecular flexibility index (Phi) is 9.85. The lowest BCUT2D eigenvalue weighted by Crippen LogP contribution is -2.18. The summed E-state index contributed by atoms with van der Waals surface area (Å²) in [4.78, 5) is 48.8. The maximum absolute atomic E-state index is 12.6. The topological polar surface area (TPSA) is 116 Å². The van der Waals surface area contributed by atoms with Crippen molar-refractivity contribution in [3.8, 4) is 17.2 Å². The predicted molar refractivity (Wildman–Crippen MR) is 104 cm³/mol. The Morgan fingerprint density at radius 2 is 1.45 bits per heavy atom. The minimum Gasteiger partial charge on any atom is -0.504 e. The van der Waals surface area contributed by atoms with Gasteiger partial charge in [-0.15, -0.1) is 0 Å². The van der Waals surface area contributed by atoms with Gasteiger partial charge in [-0.05, 0) is 12.5 Å². The third-order valence-electron chi connectivity index (χ3n) is 4.03. The first kappa shape index (κ1) is 24.1. The Balaban J connectivity index is 3.55. The predicted octanol–water partition coefficient (Wildman–Crippen LogP) is 3.96. The molecule has 0 heterocycles. The van der Waals surface area contributed by atoms with Gasteiger partial charge in [0.25, 0.3) is 0 Å². The van der Waals surface area contributed by atoms with Gasteiger partial charge in [-0.25, -0.2) is 4.79 Å². The fourth-order valence-corrected chi connectivity index (χ4v) is 2.40. The van der Waals surface area contributed by atoms with E-state index in [1.54, 1.807) is 6.92 Å². The van der Waals surface area contributed by atoms with Crippen molar-refractivity contribution in [3.63, 3.8) is 0 Å². The number of aromatic hydroxyl groups is 1. The zero-order valence-corrected chi connectivity index (χ0v) is 17.3. The molecule has 0 aliphatic carbocycles. The molecule has 0 spiro atoms. The minimum absolute atomic E-state index is 0.0150. The second-order valence-corrected chi connectivity index (χ2v) is 6.25. The molecule has 0 radical (unpaired) electrons. The number of benzene rings is 1. The number of esters is 3. The molecule has 8 nitrogen and oxygen atoms in total. The summed E-state index contributed by atoms with van der Waals surface area (Å²) < 4.78 is 15.5. The number of rotatable bonds is 11. The molecule has 0 aromatic heterocycles. The summed E-state index contributed by atoms with van der Waals surface area (Å²) in [5.74, 6) is -4.34. The Morgan fingerprint density at radius 1 is 0.862 bits per heavy atom. The van der Waals surface area contributed by atoms with E-state index in [1.807, 2.05) is 6.92 Å². The quantitative estimate of drug-likeness (QED) is 0.253. The summed E-state index contributed by atoms with van der Waals surface area (Å²) >= 11 is 0. The lowest BCUT2D eigenvalue weighted by Gasteiger charge is -2.18. The zero-order valence-electron chi connectivity index (χ0n) is 17.3. The Bertz CT molecular complexity index is 766. The highest BCUT2D eigenvalue weighted by Crippen LogP contribution is 2.43. The van der Waals surface area contributed by atoms with Crippen LogP contribution in [-0.2, 0) is 14.3 Å². The fraction of sp³-hybridized carbons (Fsp3) is 0.524. The third kappa shape index (κ3) is 6.58. The molecule has 1 rings (SSSR count). The summed E-state index contributed by atoms with van der Waals surface area (Å²) in [5.41, 5.74) is -0.507. The van der Waals surface area contributed by atoms with Crippen LogP contribution in [0.4, 0.5) is 0 Å². The number of phenolic OH excluding ortho intramolecular Hbond substituents is 1. The van der Waals surface area contributed by atoms with E-state index in [0.717, 1.165) is 18.9 Å². The highest BCUT2D eigenvalue weighted by atomic mass is 16.6. The molecule has 0 saturated carbocycles. The SMILES string of the molecule is CCCCCOC(=O)c1cc(O)c(OC(=O)CC)c(OC(=O)CC)c1C(=O)CC. The van der Waals surface area contributed by atoms with Crippen molar-refractivity contribution in [1.82, 2.24) is 0 Å². The van der Waals surface area contributed by atoms with Gasteiger partial charge in [0.2, 0.25) is 5.75 Å². The van der Waals surface area contributed by atoms with Crippen LogP contribution in [0.3, 0.4) is 0 Å². The van der Waals surface area contributed by atoms with Crippen LogP contribution >= 0.6 is 0 Å². The van der Waals surface area contributed by atoms with Gasteiger partial charge >= 0.3 is 17.9 Å². The summed E-state index contributed by atoms with van der Waals surface area (Å²) in [6.07, 6.45) is 2.39. The van der Waals surface area contributed by atoms with E-state index in [-0.39, 0.29) is 37.0 Å². The van der Waals surface area contributed by atoms with Crippen LogP contribution in [-0.4, -0.2) is 35.4 Å². The van der Waals surface area contributed by atoms with Gasteiger partial charge in [-0.1, -0.05) is 40.5 Å². The maximum atomic E-state index is 12.6. The van der Waals surface area contributed by atoms with Gasteiger partial charge in [-0.2, -0.15) is 0 Å². The Hall–Kier alpha value is -2.90. The molecular weight excluding hydrogens is 380 g/mol. The molecule has 0 unspecified atom stereocenters. The molecule has 0 fully saturated rings. The van der Waals surface area contributed by atoms with Crippen molar-refractivity contribution in [3.05, 3.63) is 17.2 Å². The minimum atomic E-state index is -0.838. The van der Waals surface area contributed by atoms with Crippen molar-refractivity contribution < 1.29 is 38.5 Å². The molecule has 1 aromatic carbocycles. The maximum Gasteiger partial charge on any atom is 0.339 e. The number of phenols is 1. The van der Waals surface area contributed by atoms with Crippen LogP contribution in [0.25, 0.3) is 0 Å². The lowest BCUT2D eigenvalue weighted by atomic mass is 9.99. The molecule has 160 valence electrons. The number of carbonyl (C=O) groups is 4. The highest BCUT2D eigenvalue weighted by molar-refractivity contribution is 6.10.